The van der Waals surface area contributed by atoms with E-state index in [4.69, 9.17) is 0 Å². The average molecular weight is 306 g/mol. The number of halogens is 1. The summed E-state index contributed by atoms with van der Waals surface area (Å²) >= 11 is 3.41. The molecule has 1 amide bonds. The molecule has 0 aliphatic rings. The van der Waals surface area contributed by atoms with Crippen LogP contribution < -0.4 is 0 Å². The normalized spacial score (nSPS) is 10.5. The van der Waals surface area contributed by atoms with E-state index in [1.54, 1.807) is 0 Å². The van der Waals surface area contributed by atoms with Crippen molar-refractivity contribution < 1.29 is 4.79 Å². The van der Waals surface area contributed by atoms with E-state index in [0.717, 1.165) is 37.7 Å². The Morgan fingerprint density at radius 2 is 1.65 bits per heavy atom. The molecular weight excluding hydrogens is 278 g/mol. The highest BCUT2D eigenvalue weighted by molar-refractivity contribution is 9.09. The van der Waals surface area contributed by atoms with Gasteiger partial charge in [0.05, 0.1) is 0 Å². The van der Waals surface area contributed by atoms with Crippen molar-refractivity contribution in [2.24, 2.45) is 0 Å². The third-order valence-corrected chi connectivity index (χ3v) is 3.60. The Hall–Kier alpha value is -0.0500. The maximum atomic E-state index is 11.9. The number of nitrogens with zero attached hydrogens (tertiary/aromatic N) is 1. The molecule has 3 heteroatoms. The molecule has 0 N–H and O–H groups in total. The summed E-state index contributed by atoms with van der Waals surface area (Å²) in [6, 6.07) is 0. The van der Waals surface area contributed by atoms with Crippen molar-refractivity contribution in [2.45, 2.75) is 65.2 Å². The highest BCUT2D eigenvalue weighted by Gasteiger charge is 2.09. The molecule has 0 aromatic carbocycles. The lowest BCUT2D eigenvalue weighted by molar-refractivity contribution is -0.131. The van der Waals surface area contributed by atoms with Crippen LogP contribution in [0.4, 0.5) is 0 Å². The van der Waals surface area contributed by atoms with E-state index in [1.807, 2.05) is 4.90 Å². The number of carbonyl (C=O) groups is 1. The summed E-state index contributed by atoms with van der Waals surface area (Å²) in [6.45, 7) is 6.04. The summed E-state index contributed by atoms with van der Waals surface area (Å²) in [5.41, 5.74) is 0. The number of rotatable bonds is 11. The van der Waals surface area contributed by atoms with Gasteiger partial charge in [0.2, 0.25) is 5.91 Å². The zero-order valence-electron chi connectivity index (χ0n) is 11.5. The molecular formula is C14H28BrNO. The van der Waals surface area contributed by atoms with Gasteiger partial charge in [-0.05, 0) is 19.8 Å². The molecule has 0 bridgehead atoms. The van der Waals surface area contributed by atoms with Gasteiger partial charge in [0.1, 0.15) is 0 Å². The van der Waals surface area contributed by atoms with Crippen molar-refractivity contribution in [1.82, 2.24) is 4.90 Å². The predicted octanol–water partition coefficient (Wildman–Crippen LogP) is 4.37. The fourth-order valence-electron chi connectivity index (χ4n) is 1.92. The van der Waals surface area contributed by atoms with Gasteiger partial charge in [0, 0.05) is 24.8 Å². The van der Waals surface area contributed by atoms with Crippen molar-refractivity contribution in [3.63, 3.8) is 0 Å². The van der Waals surface area contributed by atoms with Crippen molar-refractivity contribution >= 4 is 21.8 Å². The minimum absolute atomic E-state index is 0.337. The van der Waals surface area contributed by atoms with Crippen LogP contribution in [0.25, 0.3) is 0 Å². The second-order valence-corrected chi connectivity index (χ2v) is 5.33. The van der Waals surface area contributed by atoms with Crippen LogP contribution in [0.15, 0.2) is 0 Å². The second-order valence-electron chi connectivity index (χ2n) is 4.53. The summed E-state index contributed by atoms with van der Waals surface area (Å²) in [4.78, 5) is 13.9. The number of carbonyl (C=O) groups excluding carboxylic acids is 1. The molecule has 0 spiro atoms. The van der Waals surface area contributed by atoms with Gasteiger partial charge < -0.3 is 4.90 Å². The summed E-state index contributed by atoms with van der Waals surface area (Å²) < 4.78 is 0. The zero-order chi connectivity index (χ0) is 12.9. The Labute approximate surface area is 115 Å². The van der Waals surface area contributed by atoms with Crippen LogP contribution in [0, 0.1) is 0 Å². The standard InChI is InChI=1S/C14H28BrNO/c1-3-5-6-7-8-9-11-14(17)16(4-2)13-10-12-15/h3-13H2,1-2H3. The van der Waals surface area contributed by atoms with E-state index in [9.17, 15) is 4.79 Å². The molecule has 2 nitrogen and oxygen atoms in total. The van der Waals surface area contributed by atoms with Gasteiger partial charge in [-0.3, -0.25) is 4.79 Å². The van der Waals surface area contributed by atoms with Crippen molar-refractivity contribution in [1.29, 1.82) is 0 Å². The third kappa shape index (κ3) is 9.63. The molecule has 0 atom stereocenters. The topological polar surface area (TPSA) is 20.3 Å². The number of hydrogen-bond donors (Lipinski definition) is 0. The van der Waals surface area contributed by atoms with Crippen LogP contribution in [-0.4, -0.2) is 29.2 Å². The number of alkyl halides is 1. The first-order chi connectivity index (χ1) is 8.26. The van der Waals surface area contributed by atoms with Crippen molar-refractivity contribution in [3.8, 4) is 0 Å². The van der Waals surface area contributed by atoms with E-state index in [2.05, 4.69) is 29.8 Å². The van der Waals surface area contributed by atoms with Gasteiger partial charge in [0.15, 0.2) is 0 Å². The molecule has 0 aliphatic carbocycles. The predicted molar refractivity (Wildman–Crippen MR) is 78.7 cm³/mol. The van der Waals surface area contributed by atoms with Gasteiger partial charge in [0.25, 0.3) is 0 Å². The minimum atomic E-state index is 0.337. The molecule has 0 aliphatic heterocycles. The minimum Gasteiger partial charge on any atom is -0.343 e. The van der Waals surface area contributed by atoms with E-state index < -0.39 is 0 Å². The maximum Gasteiger partial charge on any atom is 0.222 e. The van der Waals surface area contributed by atoms with E-state index in [0.29, 0.717) is 5.91 Å². The van der Waals surface area contributed by atoms with Gasteiger partial charge in [-0.25, -0.2) is 0 Å². The van der Waals surface area contributed by atoms with Crippen LogP contribution in [0.5, 0.6) is 0 Å². The molecule has 0 aromatic rings. The van der Waals surface area contributed by atoms with Gasteiger partial charge in [-0.1, -0.05) is 55.0 Å². The molecule has 0 radical (unpaired) electrons. The zero-order valence-corrected chi connectivity index (χ0v) is 13.1. The Kier molecular flexibility index (Phi) is 12.4. The van der Waals surface area contributed by atoms with Crippen LogP contribution in [0.2, 0.25) is 0 Å². The smallest absolute Gasteiger partial charge is 0.222 e. The monoisotopic (exact) mass is 305 g/mol. The van der Waals surface area contributed by atoms with E-state index >= 15 is 0 Å². The highest BCUT2D eigenvalue weighted by atomic mass is 79.9. The molecule has 0 heterocycles. The first-order valence-corrected chi connectivity index (χ1v) is 8.22. The summed E-state index contributed by atoms with van der Waals surface area (Å²) in [5.74, 6) is 0.337. The molecule has 17 heavy (non-hydrogen) atoms. The molecule has 102 valence electrons. The summed E-state index contributed by atoms with van der Waals surface area (Å²) in [7, 11) is 0. The van der Waals surface area contributed by atoms with Crippen LogP contribution in [0.3, 0.4) is 0 Å². The average Bonchev–Trinajstić information content (AvgIpc) is 2.34. The maximum absolute atomic E-state index is 11.9. The van der Waals surface area contributed by atoms with Gasteiger partial charge >= 0.3 is 0 Å². The number of hydrogen-bond acceptors (Lipinski definition) is 1. The van der Waals surface area contributed by atoms with E-state index in [-0.39, 0.29) is 0 Å². The van der Waals surface area contributed by atoms with Gasteiger partial charge in [-0.15, -0.1) is 0 Å². The number of unbranched alkanes of at least 4 members (excludes halogenated alkanes) is 5. The Morgan fingerprint density at radius 3 is 2.24 bits per heavy atom. The number of amides is 1. The lowest BCUT2D eigenvalue weighted by Gasteiger charge is -2.20. The highest BCUT2D eigenvalue weighted by Crippen LogP contribution is 2.08. The lowest BCUT2D eigenvalue weighted by atomic mass is 10.1. The summed E-state index contributed by atoms with van der Waals surface area (Å²) in [6.07, 6.45) is 9.29. The summed E-state index contributed by atoms with van der Waals surface area (Å²) in [5, 5.41) is 0.980. The van der Waals surface area contributed by atoms with E-state index in [1.165, 1.54) is 32.1 Å². The molecule has 0 unspecified atom stereocenters. The molecule has 0 fully saturated rings. The molecule has 0 saturated carbocycles. The Balaban J connectivity index is 3.54. The van der Waals surface area contributed by atoms with Crippen molar-refractivity contribution in [3.05, 3.63) is 0 Å². The molecule has 0 rings (SSSR count). The fourth-order valence-corrected chi connectivity index (χ4v) is 2.18. The first-order valence-electron chi connectivity index (χ1n) is 7.10. The van der Waals surface area contributed by atoms with Crippen LogP contribution in [0.1, 0.15) is 65.2 Å². The second kappa shape index (κ2) is 12.4. The van der Waals surface area contributed by atoms with Gasteiger partial charge in [-0.2, -0.15) is 0 Å². The Morgan fingerprint density at radius 1 is 1.00 bits per heavy atom. The van der Waals surface area contributed by atoms with Crippen LogP contribution >= 0.6 is 15.9 Å². The Bertz CT molecular complexity index is 185. The largest absolute Gasteiger partial charge is 0.343 e. The first kappa shape index (κ1) is 16.9. The van der Waals surface area contributed by atoms with Crippen molar-refractivity contribution in [2.75, 3.05) is 18.4 Å². The lowest BCUT2D eigenvalue weighted by Crippen LogP contribution is -2.31. The third-order valence-electron chi connectivity index (χ3n) is 3.04. The molecule has 0 aromatic heterocycles. The SMILES string of the molecule is CCCCCCCCC(=O)N(CC)CCCBr. The van der Waals surface area contributed by atoms with Crippen LogP contribution in [-0.2, 0) is 4.79 Å². The fraction of sp³-hybridized carbons (Fsp3) is 0.929. The molecule has 0 saturated heterocycles. The quantitative estimate of drug-likeness (QED) is 0.410.